The van der Waals surface area contributed by atoms with E-state index < -0.39 is 0 Å². The van der Waals surface area contributed by atoms with Gasteiger partial charge in [0.2, 0.25) is 0 Å². The molecule has 1 aromatic heterocycles. The molecule has 0 saturated heterocycles. The van der Waals surface area contributed by atoms with Crippen molar-refractivity contribution < 1.29 is 14.6 Å². The number of aliphatic hydroxyl groups is 1. The summed E-state index contributed by atoms with van der Waals surface area (Å²) in [6.45, 7) is 5.03. The number of aliphatic hydroxyl groups excluding tert-OH is 1. The van der Waals surface area contributed by atoms with Crippen molar-refractivity contribution in [3.63, 3.8) is 0 Å². The van der Waals surface area contributed by atoms with Gasteiger partial charge in [0, 0.05) is 25.0 Å². The van der Waals surface area contributed by atoms with Gasteiger partial charge in [-0.3, -0.25) is 4.79 Å². The van der Waals surface area contributed by atoms with Crippen LogP contribution in [0.4, 0.5) is 0 Å². The lowest BCUT2D eigenvalue weighted by Gasteiger charge is -2.11. The Morgan fingerprint density at radius 3 is 3.11 bits per heavy atom. The van der Waals surface area contributed by atoms with E-state index in [1.165, 1.54) is 11.3 Å². The molecule has 19 heavy (non-hydrogen) atoms. The molecule has 0 aromatic carbocycles. The van der Waals surface area contributed by atoms with Crippen molar-refractivity contribution in [3.05, 3.63) is 21.9 Å². The Bertz CT molecular complexity index is 459. The van der Waals surface area contributed by atoms with Gasteiger partial charge in [-0.25, -0.2) is 0 Å². The number of hydrogen-bond acceptors (Lipinski definition) is 4. The Morgan fingerprint density at radius 1 is 1.63 bits per heavy atom. The van der Waals surface area contributed by atoms with Crippen LogP contribution < -0.4 is 5.32 Å². The summed E-state index contributed by atoms with van der Waals surface area (Å²) < 4.78 is 5.34. The van der Waals surface area contributed by atoms with Crippen molar-refractivity contribution in [2.75, 3.05) is 19.8 Å². The van der Waals surface area contributed by atoms with Gasteiger partial charge in [0.25, 0.3) is 5.91 Å². The summed E-state index contributed by atoms with van der Waals surface area (Å²) in [6, 6.07) is 1.76. The molecule has 1 atom stereocenters. The molecule has 0 spiro atoms. The zero-order chi connectivity index (χ0) is 14.1. The Kier molecular flexibility index (Phi) is 7.19. The van der Waals surface area contributed by atoms with Crippen molar-refractivity contribution in [1.82, 2.24) is 5.32 Å². The van der Waals surface area contributed by atoms with Crippen LogP contribution in [0.3, 0.4) is 0 Å². The summed E-state index contributed by atoms with van der Waals surface area (Å²) in [6.07, 6.45) is 0.460. The number of amides is 1. The zero-order valence-corrected chi connectivity index (χ0v) is 12.0. The van der Waals surface area contributed by atoms with Crippen LogP contribution in [-0.2, 0) is 4.74 Å². The van der Waals surface area contributed by atoms with Crippen molar-refractivity contribution in [3.8, 4) is 11.8 Å². The molecule has 1 aromatic rings. The van der Waals surface area contributed by atoms with Gasteiger partial charge in [0.15, 0.2) is 0 Å². The van der Waals surface area contributed by atoms with E-state index in [4.69, 9.17) is 9.84 Å². The highest BCUT2D eigenvalue weighted by Gasteiger charge is 2.09. The van der Waals surface area contributed by atoms with Crippen LogP contribution in [0.1, 0.15) is 35.5 Å². The largest absolute Gasteiger partial charge is 0.395 e. The third-order valence-corrected chi connectivity index (χ3v) is 3.16. The lowest BCUT2D eigenvalue weighted by molar-refractivity contribution is 0.0695. The Morgan fingerprint density at radius 2 is 2.42 bits per heavy atom. The van der Waals surface area contributed by atoms with E-state index in [9.17, 15) is 4.79 Å². The Labute approximate surface area is 117 Å². The average Bonchev–Trinajstić information content (AvgIpc) is 2.85. The van der Waals surface area contributed by atoms with E-state index in [1.807, 2.05) is 13.8 Å². The van der Waals surface area contributed by atoms with Crippen molar-refractivity contribution in [2.45, 2.75) is 26.4 Å². The number of thiophene rings is 1. The summed E-state index contributed by atoms with van der Waals surface area (Å²) in [7, 11) is 0. The molecule has 5 heteroatoms. The van der Waals surface area contributed by atoms with E-state index in [1.54, 1.807) is 11.4 Å². The van der Waals surface area contributed by atoms with Crippen molar-refractivity contribution in [2.24, 2.45) is 0 Å². The SMILES string of the molecule is CCOC(C)CNC(=O)c1csc(C#CCCO)c1. The maximum absolute atomic E-state index is 11.8. The number of hydrogen-bond donors (Lipinski definition) is 2. The van der Waals surface area contributed by atoms with Crippen LogP contribution >= 0.6 is 11.3 Å². The van der Waals surface area contributed by atoms with E-state index in [0.717, 1.165) is 4.88 Å². The van der Waals surface area contributed by atoms with Gasteiger partial charge in [-0.1, -0.05) is 11.8 Å². The van der Waals surface area contributed by atoms with Gasteiger partial charge in [-0.2, -0.15) is 0 Å². The maximum Gasteiger partial charge on any atom is 0.252 e. The first kappa shape index (κ1) is 15.7. The van der Waals surface area contributed by atoms with Crippen LogP contribution in [0.5, 0.6) is 0 Å². The number of rotatable bonds is 6. The van der Waals surface area contributed by atoms with Crippen LogP contribution in [0.15, 0.2) is 11.4 Å². The smallest absolute Gasteiger partial charge is 0.252 e. The summed E-state index contributed by atoms with van der Waals surface area (Å²) in [5, 5.41) is 13.2. The minimum absolute atomic E-state index is 0.0106. The van der Waals surface area contributed by atoms with E-state index in [0.29, 0.717) is 25.1 Å². The predicted molar refractivity (Wildman–Crippen MR) is 76.3 cm³/mol. The summed E-state index contributed by atoms with van der Waals surface area (Å²) in [5.74, 6) is 5.63. The second-order valence-corrected chi connectivity index (χ2v) is 4.86. The molecule has 4 nitrogen and oxygen atoms in total. The molecular formula is C14H19NO3S. The third kappa shape index (κ3) is 5.88. The first-order chi connectivity index (χ1) is 9.17. The quantitative estimate of drug-likeness (QED) is 0.779. The average molecular weight is 281 g/mol. The molecular weight excluding hydrogens is 262 g/mol. The molecule has 0 fully saturated rings. The highest BCUT2D eigenvalue weighted by Crippen LogP contribution is 2.13. The summed E-state index contributed by atoms with van der Waals surface area (Å²) in [5.41, 5.74) is 0.613. The fraction of sp³-hybridized carbons (Fsp3) is 0.500. The molecule has 0 aliphatic heterocycles. The molecule has 0 bridgehead atoms. The van der Waals surface area contributed by atoms with E-state index >= 15 is 0 Å². The minimum atomic E-state index is -0.113. The second kappa shape index (κ2) is 8.70. The van der Waals surface area contributed by atoms with Crippen LogP contribution in [0.25, 0.3) is 0 Å². The lowest BCUT2D eigenvalue weighted by Crippen LogP contribution is -2.31. The molecule has 1 rings (SSSR count). The number of carbonyl (C=O) groups is 1. The molecule has 2 N–H and O–H groups in total. The molecule has 1 unspecified atom stereocenters. The lowest BCUT2D eigenvalue weighted by atomic mass is 10.2. The van der Waals surface area contributed by atoms with Crippen molar-refractivity contribution in [1.29, 1.82) is 0 Å². The van der Waals surface area contributed by atoms with Crippen molar-refractivity contribution >= 4 is 17.2 Å². The fourth-order valence-corrected chi connectivity index (χ4v) is 2.16. The summed E-state index contributed by atoms with van der Waals surface area (Å²) in [4.78, 5) is 12.7. The normalized spacial score (nSPS) is 11.5. The zero-order valence-electron chi connectivity index (χ0n) is 11.2. The third-order valence-electron chi connectivity index (χ3n) is 2.31. The second-order valence-electron chi connectivity index (χ2n) is 3.95. The highest BCUT2D eigenvalue weighted by molar-refractivity contribution is 7.10. The van der Waals surface area contributed by atoms with E-state index in [2.05, 4.69) is 17.2 Å². The molecule has 0 radical (unpaired) electrons. The molecule has 104 valence electrons. The monoisotopic (exact) mass is 281 g/mol. The topological polar surface area (TPSA) is 58.6 Å². The first-order valence-electron chi connectivity index (χ1n) is 6.25. The molecule has 1 heterocycles. The Hall–Kier alpha value is -1.35. The standard InChI is InChI=1S/C14H19NO3S/c1-3-18-11(2)9-15-14(17)12-8-13(19-10-12)6-4-5-7-16/h8,10-11,16H,3,5,7,9H2,1-2H3,(H,15,17). The van der Waals surface area contributed by atoms with Gasteiger partial charge < -0.3 is 15.2 Å². The predicted octanol–water partition coefficient (Wildman–Crippen LogP) is 1.64. The maximum atomic E-state index is 11.8. The minimum Gasteiger partial charge on any atom is -0.395 e. The fourth-order valence-electron chi connectivity index (χ4n) is 1.41. The van der Waals surface area contributed by atoms with Crippen LogP contribution in [0.2, 0.25) is 0 Å². The highest BCUT2D eigenvalue weighted by atomic mass is 32.1. The van der Waals surface area contributed by atoms with Crippen LogP contribution in [-0.4, -0.2) is 36.9 Å². The van der Waals surface area contributed by atoms with Gasteiger partial charge in [0.05, 0.1) is 23.2 Å². The van der Waals surface area contributed by atoms with Gasteiger partial charge in [-0.15, -0.1) is 11.3 Å². The van der Waals surface area contributed by atoms with E-state index in [-0.39, 0.29) is 18.6 Å². The van der Waals surface area contributed by atoms with Gasteiger partial charge >= 0.3 is 0 Å². The molecule has 0 aliphatic rings. The number of ether oxygens (including phenoxy) is 1. The number of carbonyl (C=O) groups excluding carboxylic acids is 1. The van der Waals surface area contributed by atoms with Crippen LogP contribution in [0, 0.1) is 11.8 Å². The van der Waals surface area contributed by atoms with Gasteiger partial charge in [-0.05, 0) is 19.9 Å². The summed E-state index contributed by atoms with van der Waals surface area (Å²) >= 11 is 1.43. The number of nitrogens with one attached hydrogen (secondary N) is 1. The van der Waals surface area contributed by atoms with Gasteiger partial charge in [0.1, 0.15) is 0 Å². The molecule has 1 amide bonds. The Balaban J connectivity index is 2.48. The first-order valence-corrected chi connectivity index (χ1v) is 7.13. The molecule has 0 saturated carbocycles. The molecule has 0 aliphatic carbocycles.